The van der Waals surface area contributed by atoms with Crippen LogP contribution in [0.15, 0.2) is 30.3 Å². The van der Waals surface area contributed by atoms with Gasteiger partial charge in [-0.05, 0) is 0 Å². The van der Waals surface area contributed by atoms with Gasteiger partial charge < -0.3 is 0 Å². The third-order valence-corrected chi connectivity index (χ3v) is 2.50. The third-order valence-electron chi connectivity index (χ3n) is 2.50. The Morgan fingerprint density at radius 2 is 1.67 bits per heavy atom. The molecule has 0 fully saturated rings. The van der Waals surface area contributed by atoms with Crippen molar-refractivity contribution in [1.29, 1.82) is 0 Å². The van der Waals surface area contributed by atoms with E-state index in [0.717, 1.165) is 13.2 Å². The van der Waals surface area contributed by atoms with Gasteiger partial charge in [0.05, 0.1) is 0 Å². The molecule has 0 aromatic heterocycles. The Bertz CT molecular complexity index is 236. The number of ether oxygens (including phenoxy) is 1. The minimum absolute atomic E-state index is 0.759. The second-order valence-electron chi connectivity index (χ2n) is 3.95. The van der Waals surface area contributed by atoms with Gasteiger partial charge in [-0.15, -0.1) is 0 Å². The maximum absolute atomic E-state index is 5.60. The van der Waals surface area contributed by atoms with E-state index in [0.29, 0.717) is 0 Å². The Balaban J connectivity index is 1.93. The van der Waals surface area contributed by atoms with E-state index in [2.05, 4.69) is 42.0 Å². The van der Waals surface area contributed by atoms with Gasteiger partial charge in [0.25, 0.3) is 0 Å². The molecule has 0 amide bonds. The average molecular weight is 198 g/mol. The first-order valence-corrected chi connectivity index (χ1v) is 6.05. The third kappa shape index (κ3) is 6.79. The summed E-state index contributed by atoms with van der Waals surface area (Å²) < 4.78 is 5.60. The van der Waals surface area contributed by atoms with Crippen molar-refractivity contribution in [1.82, 2.24) is 0 Å². The van der Waals surface area contributed by atoms with Crippen LogP contribution in [0.4, 0.5) is 0 Å². The molecule has 0 atom stereocenters. The molecule has 78 valence electrons. The summed E-state index contributed by atoms with van der Waals surface area (Å²) in [7, 11) is 0. The summed E-state index contributed by atoms with van der Waals surface area (Å²) in [5.41, 5.74) is 1.27. The van der Waals surface area contributed by atoms with E-state index in [4.69, 9.17) is 4.74 Å². The summed E-state index contributed by atoms with van der Waals surface area (Å²) in [4.78, 5) is 0. The summed E-state index contributed by atoms with van der Waals surface area (Å²) in [6, 6.07) is 10.4. The van der Waals surface area contributed by atoms with Crippen LogP contribution in [0.3, 0.4) is 0 Å². The van der Waals surface area contributed by atoms with Crippen LogP contribution in [-0.2, 0) is 11.3 Å². The normalized spacial score (nSPS) is 10.5. The fourth-order valence-corrected chi connectivity index (χ4v) is 1.57. The van der Waals surface area contributed by atoms with Crippen molar-refractivity contribution < 1.29 is 4.74 Å². The molecule has 0 unspecified atom stereocenters. The van der Waals surface area contributed by atoms with Gasteiger partial charge in [-0.25, -0.2) is 0 Å². The predicted octanol–water partition coefficient (Wildman–Crippen LogP) is 3.35. The second kappa shape index (κ2) is 9.04. The van der Waals surface area contributed by atoms with E-state index in [-0.39, 0.29) is 0 Å². The standard InChI is InChI=1S/C13H19O.Li/c1-2-3-4-8-11-14-12-13-9-6-5-7-10-13;/h5-7,9-10H,1-4,8,11-12H2;. The number of hydrogen-bond acceptors (Lipinski definition) is 1. The van der Waals surface area contributed by atoms with Crippen molar-refractivity contribution in [3.05, 3.63) is 35.9 Å². The van der Waals surface area contributed by atoms with Crippen LogP contribution in [-0.4, -0.2) is 24.3 Å². The average Bonchev–Trinajstić information content (AvgIpc) is 2.29. The SMILES string of the molecule is [Li][CH2]CCCCCOCc1ccccc1. The van der Waals surface area contributed by atoms with Crippen molar-refractivity contribution >= 4 is 17.7 Å². The Hall–Kier alpha value is -0.223. The number of hydrogen-bond donors (Lipinski definition) is 0. The fraction of sp³-hybridized carbons (Fsp3) is 0.538. The van der Waals surface area contributed by atoms with Crippen molar-refractivity contribution in [3.63, 3.8) is 0 Å². The van der Waals surface area contributed by atoms with E-state index < -0.39 is 0 Å². The predicted molar refractivity (Wildman–Crippen MR) is 65.1 cm³/mol. The Labute approximate surface area is 102 Å². The van der Waals surface area contributed by atoms with Crippen LogP contribution in [0.25, 0.3) is 0 Å². The molecule has 1 nitrogen and oxygen atoms in total. The minimum atomic E-state index is 0.759. The molecule has 1 aromatic carbocycles. The first kappa shape index (κ1) is 12.8. The van der Waals surface area contributed by atoms with E-state index >= 15 is 0 Å². The van der Waals surface area contributed by atoms with Crippen LogP contribution < -0.4 is 0 Å². The van der Waals surface area contributed by atoms with Crippen LogP contribution in [0.2, 0.25) is 5.09 Å². The van der Waals surface area contributed by atoms with Gasteiger partial charge in [0, 0.05) is 0 Å². The monoisotopic (exact) mass is 198 g/mol. The van der Waals surface area contributed by atoms with Crippen molar-refractivity contribution in [3.8, 4) is 0 Å². The van der Waals surface area contributed by atoms with E-state index in [1.807, 2.05) is 6.07 Å². The zero-order valence-corrected chi connectivity index (χ0v) is 9.74. The van der Waals surface area contributed by atoms with Crippen LogP contribution in [0.1, 0.15) is 31.2 Å². The second-order valence-corrected chi connectivity index (χ2v) is 3.95. The van der Waals surface area contributed by atoms with Gasteiger partial charge in [-0.1, -0.05) is 0 Å². The van der Waals surface area contributed by atoms with Gasteiger partial charge in [0.1, 0.15) is 0 Å². The fourth-order valence-electron chi connectivity index (χ4n) is 1.57. The van der Waals surface area contributed by atoms with Crippen molar-refractivity contribution in [2.24, 2.45) is 0 Å². The molecule has 0 aliphatic heterocycles. The van der Waals surface area contributed by atoms with E-state index in [9.17, 15) is 0 Å². The van der Waals surface area contributed by atoms with Crippen LogP contribution >= 0.6 is 0 Å². The first-order valence-electron chi connectivity index (χ1n) is 6.05. The van der Waals surface area contributed by atoms with Gasteiger partial charge in [0.15, 0.2) is 0 Å². The molecule has 1 aromatic rings. The zero-order chi connectivity index (χ0) is 10.8. The molecule has 0 aliphatic rings. The number of unbranched alkanes of at least 4 members (excludes halogenated alkanes) is 3. The topological polar surface area (TPSA) is 9.23 Å². The Morgan fingerprint density at radius 3 is 2.40 bits per heavy atom. The Kier molecular flexibility index (Phi) is 7.74. The molecule has 0 saturated heterocycles. The Morgan fingerprint density at radius 1 is 0.933 bits per heavy atom. The summed E-state index contributed by atoms with van der Waals surface area (Å²) in [5, 5.41) is 1.31. The van der Waals surface area contributed by atoms with Gasteiger partial charge in [-0.2, -0.15) is 0 Å². The van der Waals surface area contributed by atoms with Gasteiger partial charge >= 0.3 is 102 Å². The summed E-state index contributed by atoms with van der Waals surface area (Å²) >= 11 is 2.24. The molecule has 0 N–H and O–H groups in total. The van der Waals surface area contributed by atoms with Crippen molar-refractivity contribution in [2.75, 3.05) is 6.61 Å². The maximum atomic E-state index is 5.60. The molecule has 0 radical (unpaired) electrons. The van der Waals surface area contributed by atoms with Crippen molar-refractivity contribution in [2.45, 2.75) is 37.4 Å². The van der Waals surface area contributed by atoms with E-state index in [1.54, 1.807) is 0 Å². The van der Waals surface area contributed by atoms with E-state index in [1.165, 1.54) is 36.3 Å². The number of rotatable bonds is 8. The van der Waals surface area contributed by atoms with Gasteiger partial charge in [0.2, 0.25) is 0 Å². The molecule has 2 heteroatoms. The molecule has 0 aliphatic carbocycles. The zero-order valence-electron chi connectivity index (χ0n) is 9.74. The molecule has 0 spiro atoms. The van der Waals surface area contributed by atoms with Gasteiger partial charge in [-0.3, -0.25) is 0 Å². The quantitative estimate of drug-likeness (QED) is 0.459. The molecular formula is C13H19LiO. The van der Waals surface area contributed by atoms with Crippen LogP contribution in [0.5, 0.6) is 0 Å². The first-order chi connectivity index (χ1) is 7.43. The molecular weight excluding hydrogens is 179 g/mol. The summed E-state index contributed by atoms with van der Waals surface area (Å²) in [6.45, 7) is 1.66. The van der Waals surface area contributed by atoms with Crippen LogP contribution in [0, 0.1) is 0 Å². The molecule has 1 rings (SSSR count). The molecule has 0 bridgehead atoms. The number of benzene rings is 1. The molecule has 15 heavy (non-hydrogen) atoms. The summed E-state index contributed by atoms with van der Waals surface area (Å²) in [6.07, 6.45) is 5.22. The molecule has 0 saturated carbocycles. The molecule has 0 heterocycles. The summed E-state index contributed by atoms with van der Waals surface area (Å²) in [5.74, 6) is 0.